The van der Waals surface area contributed by atoms with Gasteiger partial charge in [-0.25, -0.2) is 0 Å². The van der Waals surface area contributed by atoms with Gasteiger partial charge in [0.25, 0.3) is 0 Å². The SMILES string of the molecule is CCC(C)c1ccc(CCC(O)SCC(=O)OC)cc1.CCC(C)c1ccc(CCC=O)cc1.COC(=O)CS. The molecule has 0 radical (unpaired) electrons. The van der Waals surface area contributed by atoms with Gasteiger partial charge in [-0.3, -0.25) is 9.59 Å². The minimum Gasteiger partial charge on any atom is -0.468 e. The first-order chi connectivity index (χ1) is 19.1. The summed E-state index contributed by atoms with van der Waals surface area (Å²) in [6.45, 7) is 8.85. The fraction of sp³-hybridized carbons (Fsp3) is 0.531. The highest BCUT2D eigenvalue weighted by molar-refractivity contribution is 8.00. The molecule has 0 saturated carbocycles. The van der Waals surface area contributed by atoms with Gasteiger partial charge in [0.2, 0.25) is 0 Å². The van der Waals surface area contributed by atoms with Crippen LogP contribution in [0.2, 0.25) is 0 Å². The molecule has 2 rings (SSSR count). The van der Waals surface area contributed by atoms with E-state index in [1.165, 1.54) is 54.7 Å². The standard InChI is InChI=1S/C16H24O3S.C13H18O.C3H6O2S/c1-4-12(2)14-8-5-13(6-9-14)7-10-16(18)20-11-15(17)19-3;1-3-11(2)13-8-6-12(7-9-13)5-4-10-14;1-5-3(4)2-6/h5-6,8-9,12,16,18H,4,7,10-11H2,1-3H3;6-11H,3-5H2,1-2H3;6H,2H2,1H3. The molecule has 1 N–H and O–H groups in total. The summed E-state index contributed by atoms with van der Waals surface area (Å²) < 4.78 is 8.72. The lowest BCUT2D eigenvalue weighted by molar-refractivity contribution is -0.138. The average molecular weight is 593 g/mol. The van der Waals surface area contributed by atoms with E-state index in [9.17, 15) is 19.5 Å². The summed E-state index contributed by atoms with van der Waals surface area (Å²) >= 11 is 4.84. The van der Waals surface area contributed by atoms with E-state index in [1.807, 2.05) is 0 Å². The first kappa shape index (κ1) is 37.7. The Balaban J connectivity index is 0.000000657. The fourth-order valence-electron chi connectivity index (χ4n) is 3.38. The van der Waals surface area contributed by atoms with Crippen LogP contribution in [0.4, 0.5) is 0 Å². The van der Waals surface area contributed by atoms with Crippen molar-refractivity contribution in [2.24, 2.45) is 0 Å². The number of thioether (sulfide) groups is 1. The number of aldehydes is 1. The maximum absolute atomic E-state index is 11.0. The summed E-state index contributed by atoms with van der Waals surface area (Å²) in [5.74, 6) is 0.992. The average Bonchev–Trinajstić information content (AvgIpc) is 3.01. The number of ether oxygens (including phenoxy) is 2. The number of carbonyl (C=O) groups excluding carboxylic acids is 3. The van der Waals surface area contributed by atoms with Gasteiger partial charge >= 0.3 is 11.9 Å². The number of methoxy groups -OCH3 is 2. The predicted octanol–water partition coefficient (Wildman–Crippen LogP) is 6.78. The molecule has 224 valence electrons. The van der Waals surface area contributed by atoms with Crippen molar-refractivity contribution in [1.82, 2.24) is 0 Å². The van der Waals surface area contributed by atoms with Gasteiger partial charge in [-0.1, -0.05) is 76.2 Å². The zero-order valence-electron chi connectivity index (χ0n) is 24.9. The molecule has 8 heteroatoms. The first-order valence-electron chi connectivity index (χ1n) is 13.8. The lowest BCUT2D eigenvalue weighted by atomic mass is 9.97. The molecule has 2 aromatic rings. The number of hydrogen-bond acceptors (Lipinski definition) is 8. The number of hydrogen-bond donors (Lipinski definition) is 2. The molecule has 3 unspecified atom stereocenters. The van der Waals surface area contributed by atoms with E-state index >= 15 is 0 Å². The van der Waals surface area contributed by atoms with Crippen molar-refractivity contribution in [3.8, 4) is 0 Å². The molecular formula is C32H48O6S2. The number of carbonyl (C=O) groups is 3. The van der Waals surface area contributed by atoms with Crippen molar-refractivity contribution in [2.45, 2.75) is 83.5 Å². The van der Waals surface area contributed by atoms with Crippen molar-refractivity contribution < 1.29 is 29.0 Å². The maximum atomic E-state index is 11.0. The van der Waals surface area contributed by atoms with E-state index in [1.54, 1.807) is 0 Å². The number of aryl methyl sites for hydroxylation is 2. The van der Waals surface area contributed by atoms with Crippen molar-refractivity contribution in [2.75, 3.05) is 25.7 Å². The van der Waals surface area contributed by atoms with Crippen LogP contribution in [0.25, 0.3) is 0 Å². The summed E-state index contributed by atoms with van der Waals surface area (Å²) in [5.41, 5.74) is 4.70. The van der Waals surface area contributed by atoms with Crippen LogP contribution in [0.1, 0.15) is 87.5 Å². The van der Waals surface area contributed by atoms with Crippen LogP contribution in [-0.2, 0) is 36.7 Å². The smallest absolute Gasteiger partial charge is 0.315 e. The lowest BCUT2D eigenvalue weighted by Crippen LogP contribution is -2.10. The Morgan fingerprint density at radius 1 is 0.850 bits per heavy atom. The maximum Gasteiger partial charge on any atom is 0.315 e. The molecule has 0 heterocycles. The van der Waals surface area contributed by atoms with Crippen LogP contribution in [0, 0.1) is 0 Å². The molecule has 6 nitrogen and oxygen atoms in total. The fourth-order valence-corrected chi connectivity index (χ4v) is 4.24. The molecular weight excluding hydrogens is 544 g/mol. The Hall–Kier alpha value is -2.29. The van der Waals surface area contributed by atoms with Crippen molar-refractivity contribution in [3.63, 3.8) is 0 Å². The molecule has 40 heavy (non-hydrogen) atoms. The highest BCUT2D eigenvalue weighted by Crippen LogP contribution is 2.21. The van der Waals surface area contributed by atoms with Gasteiger partial charge in [0.1, 0.15) is 11.7 Å². The molecule has 2 aromatic carbocycles. The number of benzene rings is 2. The van der Waals surface area contributed by atoms with Gasteiger partial charge in [0.15, 0.2) is 0 Å². The van der Waals surface area contributed by atoms with Crippen LogP contribution in [0.15, 0.2) is 48.5 Å². The number of aliphatic hydroxyl groups is 1. The van der Waals surface area contributed by atoms with Crippen LogP contribution in [-0.4, -0.2) is 54.5 Å². The molecule has 0 aliphatic carbocycles. The Labute approximate surface area is 251 Å². The molecule has 0 aromatic heterocycles. The van der Waals surface area contributed by atoms with Gasteiger partial charge in [0, 0.05) is 6.42 Å². The number of thiol groups is 1. The molecule has 0 aliphatic rings. The van der Waals surface area contributed by atoms with E-state index in [2.05, 4.69) is 98.3 Å². The molecule has 0 bridgehead atoms. The minimum atomic E-state index is -0.525. The normalized spacial score (nSPS) is 12.4. The third kappa shape index (κ3) is 17.4. The molecule has 0 amide bonds. The largest absolute Gasteiger partial charge is 0.468 e. The molecule has 0 saturated heterocycles. The van der Waals surface area contributed by atoms with E-state index in [0.717, 1.165) is 25.5 Å². The molecule has 0 fully saturated rings. The van der Waals surface area contributed by atoms with Crippen molar-refractivity contribution in [1.29, 1.82) is 0 Å². The van der Waals surface area contributed by atoms with Crippen molar-refractivity contribution >= 4 is 42.6 Å². The summed E-state index contributed by atoms with van der Waals surface area (Å²) in [7, 11) is 2.69. The Bertz CT molecular complexity index is 941. The monoisotopic (exact) mass is 592 g/mol. The van der Waals surface area contributed by atoms with Gasteiger partial charge < -0.3 is 19.4 Å². The number of aliphatic hydroxyl groups excluding tert-OH is 1. The van der Waals surface area contributed by atoms with Crippen LogP contribution in [0.5, 0.6) is 0 Å². The summed E-state index contributed by atoms with van der Waals surface area (Å²) in [4.78, 5) is 31.0. The summed E-state index contributed by atoms with van der Waals surface area (Å²) in [5, 5.41) is 9.79. The highest BCUT2D eigenvalue weighted by atomic mass is 32.2. The summed E-state index contributed by atoms with van der Waals surface area (Å²) in [6.07, 6.45) is 6.24. The Kier molecular flexibility index (Phi) is 22.1. The van der Waals surface area contributed by atoms with Crippen LogP contribution in [0.3, 0.4) is 0 Å². The molecule has 0 spiro atoms. The topological polar surface area (TPSA) is 89.9 Å². The summed E-state index contributed by atoms with van der Waals surface area (Å²) in [6, 6.07) is 17.2. The Morgan fingerprint density at radius 2 is 1.30 bits per heavy atom. The van der Waals surface area contributed by atoms with Gasteiger partial charge in [-0.15, -0.1) is 11.8 Å². The highest BCUT2D eigenvalue weighted by Gasteiger charge is 2.09. The second-order valence-electron chi connectivity index (χ2n) is 9.42. The number of rotatable bonds is 14. The van der Waals surface area contributed by atoms with Crippen molar-refractivity contribution in [3.05, 3.63) is 70.8 Å². The van der Waals surface area contributed by atoms with Gasteiger partial charge in [-0.2, -0.15) is 12.6 Å². The molecule has 3 atom stereocenters. The third-order valence-corrected chi connectivity index (χ3v) is 7.81. The molecule has 0 aliphatic heterocycles. The number of esters is 2. The van der Waals surface area contributed by atoms with Crippen LogP contribution < -0.4 is 0 Å². The minimum absolute atomic E-state index is 0.163. The zero-order valence-corrected chi connectivity index (χ0v) is 26.6. The van der Waals surface area contributed by atoms with Crippen LogP contribution >= 0.6 is 24.4 Å². The van der Waals surface area contributed by atoms with E-state index in [0.29, 0.717) is 24.7 Å². The van der Waals surface area contributed by atoms with Gasteiger partial charge in [0.05, 0.1) is 25.7 Å². The first-order valence-corrected chi connectivity index (χ1v) is 15.5. The van der Waals surface area contributed by atoms with Gasteiger partial charge in [-0.05, 0) is 66.2 Å². The van der Waals surface area contributed by atoms with E-state index in [4.69, 9.17) is 0 Å². The van der Waals surface area contributed by atoms with E-state index < -0.39 is 5.44 Å². The quantitative estimate of drug-likeness (QED) is 0.108. The Morgan fingerprint density at radius 3 is 1.65 bits per heavy atom. The lowest BCUT2D eigenvalue weighted by Gasteiger charge is -2.11. The third-order valence-electron chi connectivity index (χ3n) is 6.53. The zero-order chi connectivity index (χ0) is 30.3. The van der Waals surface area contributed by atoms with E-state index in [-0.39, 0.29) is 23.4 Å². The second-order valence-corrected chi connectivity index (χ2v) is 10.9. The second kappa shape index (κ2) is 23.4. The predicted molar refractivity (Wildman–Crippen MR) is 169 cm³/mol.